The van der Waals surface area contributed by atoms with E-state index in [-0.39, 0.29) is 62.2 Å². The van der Waals surface area contributed by atoms with Crippen LogP contribution in [0.15, 0.2) is 104 Å². The third-order valence-corrected chi connectivity index (χ3v) is 15.7. The highest BCUT2D eigenvalue weighted by atomic mass is 35.5. The fourth-order valence-electron chi connectivity index (χ4n) is 10.5. The van der Waals surface area contributed by atoms with Gasteiger partial charge in [-0.1, -0.05) is 128 Å². The molecule has 0 bridgehead atoms. The van der Waals surface area contributed by atoms with Crippen molar-refractivity contribution in [2.24, 2.45) is 23.7 Å². The Morgan fingerprint density at radius 1 is 0.437 bits per heavy atom. The van der Waals surface area contributed by atoms with E-state index >= 15 is 9.59 Å². The average Bonchev–Trinajstić information content (AvgIpc) is 2.83. The standard InChI is InChI=1S/C66H87ClN8O12/c1-40(2)30-53-63(80)84-45(10)60(77)71(12)56(33-43(7)8)66(83)87-58(35-47-18-22-49(23-19-47)38-75-39-51(36-69-75)50-24-26-52(67)27-25-50)62(79)73(14)54(31-41(3)4)64(81)85-44(9)59(76)70(11)55(32-42(5)6)65(82)86-57(61(78)72(53)13)34-46-16-20-48(21-17-46)37-74-29-15-28-68-74/h15-29,36,39-45,53-58H,30-35,37-38H2,1-14H3/t44-,45-,53+,54+,55+,56+,57-,58-/m1/s1. The van der Waals surface area contributed by atoms with E-state index in [9.17, 15) is 28.8 Å². The first-order valence-corrected chi connectivity index (χ1v) is 30.3. The van der Waals surface area contributed by atoms with Crippen LogP contribution in [-0.2, 0) is 83.2 Å². The second-order valence-corrected chi connectivity index (χ2v) is 25.0. The van der Waals surface area contributed by atoms with Crippen molar-refractivity contribution in [3.8, 4) is 11.1 Å². The molecule has 0 aliphatic carbocycles. The lowest BCUT2D eigenvalue weighted by Crippen LogP contribution is -2.55. The second kappa shape index (κ2) is 31.2. The van der Waals surface area contributed by atoms with Crippen LogP contribution in [-0.4, -0.2) is 163 Å². The normalized spacial score (nSPS) is 22.3. The molecule has 21 heteroatoms. The summed E-state index contributed by atoms with van der Waals surface area (Å²) in [5.74, 6) is -7.52. The zero-order valence-corrected chi connectivity index (χ0v) is 53.5. The van der Waals surface area contributed by atoms with Gasteiger partial charge in [0.1, 0.15) is 24.2 Å². The molecular formula is C66H87ClN8O12. The van der Waals surface area contributed by atoms with Gasteiger partial charge in [0.2, 0.25) is 0 Å². The predicted molar refractivity (Wildman–Crippen MR) is 328 cm³/mol. The number of esters is 4. The zero-order valence-electron chi connectivity index (χ0n) is 52.8. The number of amides is 4. The molecule has 1 fully saturated rings. The SMILES string of the molecule is CC(C)C[C@H]1C(=O)O[C@H](Cc2ccc(Cn3cc(-c4ccc(Cl)cc4)cn3)cc2)C(=O)N(C)[C@@H](CC(C)C)C(=O)O[C@H](C)C(=O)N(C)[C@@H](CC(C)C)C(=O)O[C@H](Cc2ccc(Cn3cccn3)cc2)C(=O)N(C)[C@@H](CC(C)C)C(=O)O[C@H](C)C(=O)N1C. The summed E-state index contributed by atoms with van der Waals surface area (Å²) < 4.78 is 27.9. The molecule has 4 amide bonds. The molecule has 0 unspecified atom stereocenters. The molecule has 1 aliphatic rings. The fourth-order valence-corrected chi connectivity index (χ4v) is 10.6. The van der Waals surface area contributed by atoms with E-state index in [1.54, 1.807) is 46.0 Å². The summed E-state index contributed by atoms with van der Waals surface area (Å²) in [7, 11) is 5.57. The molecule has 2 aromatic heterocycles. The highest BCUT2D eigenvalue weighted by Gasteiger charge is 2.43. The summed E-state index contributed by atoms with van der Waals surface area (Å²) in [5.41, 5.74) is 4.86. The van der Waals surface area contributed by atoms with Crippen LogP contribution in [0, 0.1) is 23.7 Å². The average molecular weight is 1220 g/mol. The van der Waals surface area contributed by atoms with Gasteiger partial charge in [0.05, 0.1) is 19.3 Å². The van der Waals surface area contributed by atoms with E-state index in [2.05, 4.69) is 10.2 Å². The van der Waals surface area contributed by atoms with E-state index in [0.717, 1.165) is 41.9 Å². The van der Waals surface area contributed by atoms with Gasteiger partial charge in [0.15, 0.2) is 24.4 Å². The molecule has 0 N–H and O–H groups in total. The van der Waals surface area contributed by atoms with Crippen molar-refractivity contribution < 1.29 is 57.3 Å². The number of ether oxygens (including phenoxy) is 4. The van der Waals surface area contributed by atoms with E-state index < -0.39 is 96.1 Å². The number of cyclic esters (lactones) is 4. The summed E-state index contributed by atoms with van der Waals surface area (Å²) in [6.07, 6.45) is 1.11. The van der Waals surface area contributed by atoms with Gasteiger partial charge in [0, 0.05) is 70.2 Å². The van der Waals surface area contributed by atoms with Gasteiger partial charge in [-0.2, -0.15) is 10.2 Å². The van der Waals surface area contributed by atoms with Gasteiger partial charge < -0.3 is 38.5 Å². The lowest BCUT2D eigenvalue weighted by atomic mass is 9.99. The van der Waals surface area contributed by atoms with Crippen molar-refractivity contribution in [2.75, 3.05) is 28.2 Å². The molecule has 20 nitrogen and oxygen atoms in total. The number of hydrogen-bond acceptors (Lipinski definition) is 14. The monoisotopic (exact) mass is 1220 g/mol. The first-order chi connectivity index (χ1) is 41.1. The molecular weight excluding hydrogens is 1130 g/mol. The maximum atomic E-state index is 15.1. The fraction of sp³-hybridized carbons (Fsp3) is 0.515. The summed E-state index contributed by atoms with van der Waals surface area (Å²) >= 11 is 6.12. The number of nitrogens with zero attached hydrogens (tertiary/aromatic N) is 8. The third kappa shape index (κ3) is 19.1. The molecule has 0 spiro atoms. The Morgan fingerprint density at radius 2 is 0.782 bits per heavy atom. The minimum atomic E-state index is -1.56. The molecule has 8 atom stereocenters. The van der Waals surface area contributed by atoms with Crippen LogP contribution in [0.25, 0.3) is 11.1 Å². The Balaban J connectivity index is 1.38. The Labute approximate surface area is 516 Å². The van der Waals surface area contributed by atoms with Crippen molar-refractivity contribution >= 4 is 59.1 Å². The topological polar surface area (TPSA) is 222 Å². The van der Waals surface area contributed by atoms with Crippen LogP contribution in [0.2, 0.25) is 5.02 Å². The first-order valence-electron chi connectivity index (χ1n) is 29.9. The number of likely N-dealkylation sites (N-methyl/N-ethyl adjacent to an activating group) is 4. The summed E-state index contributed by atoms with van der Waals surface area (Å²) in [4.78, 5) is 123. The first kappa shape index (κ1) is 68.2. The van der Waals surface area contributed by atoms with Crippen LogP contribution in [0.4, 0.5) is 0 Å². The van der Waals surface area contributed by atoms with Crippen LogP contribution in [0.3, 0.4) is 0 Å². The summed E-state index contributed by atoms with van der Waals surface area (Å²) in [6, 6.07) is 18.7. The molecule has 3 aromatic carbocycles. The number of hydrogen-bond donors (Lipinski definition) is 0. The quantitative estimate of drug-likeness (QED) is 0.0630. The van der Waals surface area contributed by atoms with Crippen molar-refractivity contribution in [3.63, 3.8) is 0 Å². The zero-order chi connectivity index (χ0) is 64.0. The highest BCUT2D eigenvalue weighted by Crippen LogP contribution is 2.26. The molecule has 0 saturated carbocycles. The molecule has 1 saturated heterocycles. The highest BCUT2D eigenvalue weighted by molar-refractivity contribution is 6.30. The Bertz CT molecular complexity index is 3110. The number of carbonyl (C=O) groups is 8. The van der Waals surface area contributed by atoms with Gasteiger partial charge in [-0.15, -0.1) is 0 Å². The molecule has 0 radical (unpaired) electrons. The summed E-state index contributed by atoms with van der Waals surface area (Å²) in [5, 5.41) is 9.45. The van der Waals surface area contributed by atoms with Crippen LogP contribution in [0.1, 0.15) is 117 Å². The molecule has 1 aliphatic heterocycles. The van der Waals surface area contributed by atoms with Crippen molar-refractivity contribution in [3.05, 3.63) is 131 Å². The Morgan fingerprint density at radius 3 is 1.14 bits per heavy atom. The van der Waals surface area contributed by atoms with Gasteiger partial charge in [-0.3, -0.25) is 28.5 Å². The number of aromatic nitrogens is 4. The minimum Gasteiger partial charge on any atom is -0.451 e. The summed E-state index contributed by atoms with van der Waals surface area (Å²) in [6.45, 7) is 18.4. The van der Waals surface area contributed by atoms with Gasteiger partial charge in [-0.05, 0) is 109 Å². The number of benzene rings is 3. The third-order valence-electron chi connectivity index (χ3n) is 15.4. The molecule has 3 heterocycles. The van der Waals surface area contributed by atoms with Crippen LogP contribution >= 0.6 is 11.6 Å². The maximum Gasteiger partial charge on any atom is 0.329 e. The molecule has 6 rings (SSSR count). The van der Waals surface area contributed by atoms with E-state index in [0.29, 0.717) is 29.2 Å². The number of carbonyl (C=O) groups excluding carboxylic acids is 8. The Hall–Kier alpha value is -7.87. The Kier molecular flexibility index (Phi) is 24.4. The maximum absolute atomic E-state index is 15.1. The van der Waals surface area contributed by atoms with Crippen molar-refractivity contribution in [1.82, 2.24) is 39.2 Å². The molecule has 470 valence electrons. The number of halogens is 1. The van der Waals surface area contributed by atoms with Gasteiger partial charge in [0.25, 0.3) is 23.6 Å². The largest absolute Gasteiger partial charge is 0.451 e. The predicted octanol–water partition coefficient (Wildman–Crippen LogP) is 8.47. The van der Waals surface area contributed by atoms with Crippen LogP contribution < -0.4 is 0 Å². The smallest absolute Gasteiger partial charge is 0.329 e. The molecule has 5 aromatic rings. The van der Waals surface area contributed by atoms with Gasteiger partial charge in [-0.25, -0.2) is 19.2 Å². The van der Waals surface area contributed by atoms with E-state index in [1.807, 2.05) is 122 Å². The van der Waals surface area contributed by atoms with Crippen LogP contribution in [0.5, 0.6) is 0 Å². The number of rotatable bonds is 17. The van der Waals surface area contributed by atoms with Crippen molar-refractivity contribution in [2.45, 2.75) is 169 Å². The lowest BCUT2D eigenvalue weighted by Gasteiger charge is -2.35. The van der Waals surface area contributed by atoms with Crippen molar-refractivity contribution in [1.29, 1.82) is 0 Å². The van der Waals surface area contributed by atoms with Gasteiger partial charge >= 0.3 is 23.9 Å². The second-order valence-electron chi connectivity index (χ2n) is 24.6. The minimum absolute atomic E-state index is 0.0709. The van der Waals surface area contributed by atoms with E-state index in [1.165, 1.54) is 42.0 Å². The molecule has 87 heavy (non-hydrogen) atoms. The lowest BCUT2D eigenvalue weighted by molar-refractivity contribution is -0.176. The van der Waals surface area contributed by atoms with E-state index in [4.69, 9.17) is 30.5 Å².